The van der Waals surface area contributed by atoms with Crippen molar-refractivity contribution in [2.45, 2.75) is 32.2 Å². The summed E-state index contributed by atoms with van der Waals surface area (Å²) in [6.07, 6.45) is 3.89. The van der Waals surface area contributed by atoms with Gasteiger partial charge in [-0.25, -0.2) is 0 Å². The first-order valence-corrected chi connectivity index (χ1v) is 5.69. The number of hydrogen-bond acceptors (Lipinski definition) is 2. The summed E-state index contributed by atoms with van der Waals surface area (Å²) in [5, 5.41) is 3.57. The molecule has 0 bridgehead atoms. The van der Waals surface area contributed by atoms with E-state index in [0.29, 0.717) is 6.04 Å². The predicted octanol–water partition coefficient (Wildman–Crippen LogP) is 3.30. The Bertz CT molecular complexity index is 324. The number of para-hydroxylation sites is 2. The van der Waals surface area contributed by atoms with Gasteiger partial charge in [0, 0.05) is 6.04 Å². The predicted molar refractivity (Wildman–Crippen MR) is 63.4 cm³/mol. The Morgan fingerprint density at radius 2 is 2.07 bits per heavy atom. The van der Waals surface area contributed by atoms with Crippen molar-refractivity contribution >= 4 is 5.69 Å². The molecule has 1 N–H and O–H groups in total. The average molecular weight is 205 g/mol. The van der Waals surface area contributed by atoms with Crippen LogP contribution in [0.15, 0.2) is 24.3 Å². The third-order valence-corrected chi connectivity index (χ3v) is 3.16. The summed E-state index contributed by atoms with van der Waals surface area (Å²) in [4.78, 5) is 0. The summed E-state index contributed by atoms with van der Waals surface area (Å²) in [6.45, 7) is 2.32. The Balaban J connectivity index is 2.04. The summed E-state index contributed by atoms with van der Waals surface area (Å²) in [7, 11) is 1.72. The van der Waals surface area contributed by atoms with E-state index in [9.17, 15) is 0 Å². The Kier molecular flexibility index (Phi) is 3.14. The third kappa shape index (κ3) is 2.44. The lowest BCUT2D eigenvalue weighted by atomic mass is 10.1. The van der Waals surface area contributed by atoms with Crippen molar-refractivity contribution in [3.8, 4) is 5.75 Å². The molecule has 15 heavy (non-hydrogen) atoms. The van der Waals surface area contributed by atoms with Gasteiger partial charge in [-0.05, 0) is 37.3 Å². The van der Waals surface area contributed by atoms with Crippen LogP contribution in [0.2, 0.25) is 0 Å². The zero-order chi connectivity index (χ0) is 10.7. The molecule has 0 aliphatic heterocycles. The second kappa shape index (κ2) is 4.56. The van der Waals surface area contributed by atoms with Crippen molar-refractivity contribution in [3.05, 3.63) is 24.3 Å². The molecule has 1 aromatic carbocycles. The van der Waals surface area contributed by atoms with Crippen molar-refractivity contribution in [1.82, 2.24) is 0 Å². The number of hydrogen-bond donors (Lipinski definition) is 1. The molecule has 0 amide bonds. The Hall–Kier alpha value is -1.18. The molecule has 1 aliphatic rings. The molecule has 2 nitrogen and oxygen atoms in total. The quantitative estimate of drug-likeness (QED) is 0.817. The van der Waals surface area contributed by atoms with Gasteiger partial charge in [0.2, 0.25) is 0 Å². The molecule has 0 unspecified atom stereocenters. The van der Waals surface area contributed by atoms with Crippen molar-refractivity contribution in [2.24, 2.45) is 5.92 Å². The molecule has 1 aromatic rings. The van der Waals surface area contributed by atoms with Crippen LogP contribution in [0.3, 0.4) is 0 Å². The Morgan fingerprint density at radius 3 is 2.73 bits per heavy atom. The van der Waals surface area contributed by atoms with Crippen LogP contribution in [0.25, 0.3) is 0 Å². The molecule has 0 spiro atoms. The number of nitrogens with one attached hydrogen (secondary N) is 1. The van der Waals surface area contributed by atoms with Crippen LogP contribution in [0.1, 0.15) is 26.2 Å². The van der Waals surface area contributed by atoms with Crippen LogP contribution in [-0.4, -0.2) is 13.2 Å². The molecule has 0 saturated heterocycles. The van der Waals surface area contributed by atoms with Crippen LogP contribution >= 0.6 is 0 Å². The van der Waals surface area contributed by atoms with Gasteiger partial charge >= 0.3 is 0 Å². The SMILES string of the molecule is COc1ccccc1N[C@H]1CC[C@@H](C)C1. The summed E-state index contributed by atoms with van der Waals surface area (Å²) in [5.41, 5.74) is 1.12. The minimum Gasteiger partial charge on any atom is -0.495 e. The van der Waals surface area contributed by atoms with Gasteiger partial charge in [0.1, 0.15) is 5.75 Å². The lowest BCUT2D eigenvalue weighted by molar-refractivity contribution is 0.416. The van der Waals surface area contributed by atoms with Crippen molar-refractivity contribution in [1.29, 1.82) is 0 Å². The summed E-state index contributed by atoms with van der Waals surface area (Å²) >= 11 is 0. The van der Waals surface area contributed by atoms with Gasteiger partial charge in [0.25, 0.3) is 0 Å². The first-order chi connectivity index (χ1) is 7.29. The van der Waals surface area contributed by atoms with E-state index in [1.807, 2.05) is 18.2 Å². The topological polar surface area (TPSA) is 21.3 Å². The van der Waals surface area contributed by atoms with Gasteiger partial charge in [-0.15, -0.1) is 0 Å². The highest BCUT2D eigenvalue weighted by molar-refractivity contribution is 5.56. The normalized spacial score (nSPS) is 25.2. The standard InChI is InChI=1S/C13H19NO/c1-10-7-8-11(9-10)14-12-5-3-4-6-13(12)15-2/h3-6,10-11,14H,7-9H2,1-2H3/t10-,11+/m1/s1. The fraction of sp³-hybridized carbons (Fsp3) is 0.538. The van der Waals surface area contributed by atoms with E-state index in [0.717, 1.165) is 17.4 Å². The highest BCUT2D eigenvalue weighted by Crippen LogP contribution is 2.30. The molecular formula is C13H19NO. The van der Waals surface area contributed by atoms with E-state index in [1.165, 1.54) is 19.3 Å². The fourth-order valence-electron chi connectivity index (χ4n) is 2.32. The van der Waals surface area contributed by atoms with Crippen LogP contribution in [0.4, 0.5) is 5.69 Å². The molecule has 0 radical (unpaired) electrons. The maximum atomic E-state index is 5.32. The number of rotatable bonds is 3. The zero-order valence-electron chi connectivity index (χ0n) is 9.49. The van der Waals surface area contributed by atoms with Crippen molar-refractivity contribution in [3.63, 3.8) is 0 Å². The highest BCUT2D eigenvalue weighted by Gasteiger charge is 2.21. The van der Waals surface area contributed by atoms with Crippen molar-refractivity contribution in [2.75, 3.05) is 12.4 Å². The number of methoxy groups -OCH3 is 1. The first-order valence-electron chi connectivity index (χ1n) is 5.69. The Morgan fingerprint density at radius 1 is 1.27 bits per heavy atom. The van der Waals surface area contributed by atoms with Crippen LogP contribution in [0, 0.1) is 5.92 Å². The van der Waals surface area contributed by atoms with Gasteiger partial charge in [-0.3, -0.25) is 0 Å². The van der Waals surface area contributed by atoms with Gasteiger partial charge in [0.15, 0.2) is 0 Å². The maximum Gasteiger partial charge on any atom is 0.141 e. The molecule has 2 atom stereocenters. The van der Waals surface area contributed by atoms with Crippen LogP contribution < -0.4 is 10.1 Å². The molecule has 2 heteroatoms. The number of benzene rings is 1. The van der Waals surface area contributed by atoms with Gasteiger partial charge < -0.3 is 10.1 Å². The van der Waals surface area contributed by atoms with Crippen LogP contribution in [-0.2, 0) is 0 Å². The molecule has 1 fully saturated rings. The van der Waals surface area contributed by atoms with E-state index in [2.05, 4.69) is 18.3 Å². The monoisotopic (exact) mass is 205 g/mol. The maximum absolute atomic E-state index is 5.32. The Labute approximate surface area is 91.6 Å². The van der Waals surface area contributed by atoms with E-state index < -0.39 is 0 Å². The zero-order valence-corrected chi connectivity index (χ0v) is 9.49. The summed E-state index contributed by atoms with van der Waals surface area (Å²) in [5.74, 6) is 1.80. The average Bonchev–Trinajstić information content (AvgIpc) is 2.65. The van der Waals surface area contributed by atoms with E-state index in [-0.39, 0.29) is 0 Å². The highest BCUT2D eigenvalue weighted by atomic mass is 16.5. The van der Waals surface area contributed by atoms with Crippen molar-refractivity contribution < 1.29 is 4.74 Å². The molecule has 0 heterocycles. The van der Waals surface area contributed by atoms with E-state index in [4.69, 9.17) is 4.74 Å². The lowest BCUT2D eigenvalue weighted by Gasteiger charge is -2.16. The number of anilines is 1. The minimum absolute atomic E-state index is 0.622. The molecule has 82 valence electrons. The second-order valence-electron chi connectivity index (χ2n) is 4.46. The van der Waals surface area contributed by atoms with E-state index >= 15 is 0 Å². The van der Waals surface area contributed by atoms with Gasteiger partial charge in [-0.1, -0.05) is 19.1 Å². The smallest absolute Gasteiger partial charge is 0.141 e. The molecular weight excluding hydrogens is 186 g/mol. The molecule has 1 saturated carbocycles. The van der Waals surface area contributed by atoms with Gasteiger partial charge in [0.05, 0.1) is 12.8 Å². The summed E-state index contributed by atoms with van der Waals surface area (Å²) < 4.78 is 5.32. The molecule has 2 rings (SSSR count). The molecule has 1 aliphatic carbocycles. The third-order valence-electron chi connectivity index (χ3n) is 3.16. The molecule has 0 aromatic heterocycles. The number of ether oxygens (including phenoxy) is 1. The largest absolute Gasteiger partial charge is 0.495 e. The van der Waals surface area contributed by atoms with E-state index in [1.54, 1.807) is 7.11 Å². The van der Waals surface area contributed by atoms with Crippen LogP contribution in [0.5, 0.6) is 5.75 Å². The lowest BCUT2D eigenvalue weighted by Crippen LogP contribution is -2.15. The fourth-order valence-corrected chi connectivity index (χ4v) is 2.32. The van der Waals surface area contributed by atoms with Gasteiger partial charge in [-0.2, -0.15) is 0 Å². The summed E-state index contributed by atoms with van der Waals surface area (Å²) in [6, 6.07) is 8.75. The first kappa shape index (κ1) is 10.3. The minimum atomic E-state index is 0.622. The second-order valence-corrected chi connectivity index (χ2v) is 4.46.